The highest BCUT2D eigenvalue weighted by molar-refractivity contribution is 9.11. The van der Waals surface area contributed by atoms with E-state index in [0.29, 0.717) is 11.8 Å². The number of hydrogen-bond donors (Lipinski definition) is 0. The molecule has 43 heavy (non-hydrogen) atoms. The maximum absolute atomic E-state index is 14.6. The summed E-state index contributed by atoms with van der Waals surface area (Å²) in [5, 5.41) is 0. The molecule has 0 aliphatic carbocycles. The lowest BCUT2D eigenvalue weighted by atomic mass is 9.98. The lowest BCUT2D eigenvalue weighted by molar-refractivity contribution is -0.123. The van der Waals surface area contributed by atoms with Crippen molar-refractivity contribution < 1.29 is 9.59 Å². The smallest absolute Gasteiger partial charge is 0.260 e. The second-order valence-corrected chi connectivity index (χ2v) is 16.4. The lowest BCUT2D eigenvalue weighted by Crippen LogP contribution is -2.33. The molecule has 2 aliphatic rings. The SMILES string of the molecule is CCCCC(CC)CN1CC2=C(c3ccc(Br)s3)N(CC(CC)CCCC)C(=O)C2=C1c1ccc(-c2ccc(C=O)s2)s1. The number of rotatable bonds is 16. The fourth-order valence-corrected chi connectivity index (χ4v) is 9.82. The number of nitrogens with zero attached hydrogens (tertiary/aromatic N) is 2. The molecule has 1 amide bonds. The summed E-state index contributed by atoms with van der Waals surface area (Å²) < 4.78 is 1.09. The van der Waals surface area contributed by atoms with Crippen LogP contribution in [0.4, 0.5) is 0 Å². The third-order valence-corrected chi connectivity index (χ3v) is 12.8. The summed E-state index contributed by atoms with van der Waals surface area (Å²) in [5.41, 5.74) is 4.33. The van der Waals surface area contributed by atoms with E-state index in [1.54, 1.807) is 22.7 Å². The van der Waals surface area contributed by atoms with Crippen LogP contribution in [0.2, 0.25) is 0 Å². The zero-order valence-corrected chi connectivity index (χ0v) is 29.8. The Bertz CT molecular complexity index is 1500. The van der Waals surface area contributed by atoms with Crippen molar-refractivity contribution in [1.29, 1.82) is 0 Å². The van der Waals surface area contributed by atoms with Crippen LogP contribution in [0.25, 0.3) is 21.1 Å². The van der Waals surface area contributed by atoms with E-state index in [9.17, 15) is 9.59 Å². The molecule has 0 fully saturated rings. The van der Waals surface area contributed by atoms with Crippen LogP contribution in [-0.2, 0) is 4.79 Å². The first-order valence-electron chi connectivity index (χ1n) is 15.9. The van der Waals surface area contributed by atoms with E-state index >= 15 is 0 Å². The normalized spacial score (nSPS) is 16.5. The van der Waals surface area contributed by atoms with Gasteiger partial charge in [-0.05, 0) is 77.0 Å². The molecular weight excluding hydrogens is 657 g/mol. The largest absolute Gasteiger partial charge is 0.365 e. The van der Waals surface area contributed by atoms with Gasteiger partial charge in [-0.15, -0.1) is 34.0 Å². The van der Waals surface area contributed by atoms with Crippen LogP contribution in [-0.4, -0.2) is 41.6 Å². The molecule has 4 nitrogen and oxygen atoms in total. The maximum atomic E-state index is 14.6. The van der Waals surface area contributed by atoms with Crippen LogP contribution in [0.15, 0.2) is 51.3 Å². The topological polar surface area (TPSA) is 40.6 Å². The predicted octanol–water partition coefficient (Wildman–Crippen LogP) is 10.8. The van der Waals surface area contributed by atoms with E-state index in [-0.39, 0.29) is 5.91 Å². The summed E-state index contributed by atoms with van der Waals surface area (Å²) >= 11 is 8.69. The van der Waals surface area contributed by atoms with Crippen LogP contribution < -0.4 is 0 Å². The Morgan fingerprint density at radius 3 is 2.00 bits per heavy atom. The number of thiophene rings is 3. The fraction of sp³-hybridized carbons (Fsp3) is 0.486. The number of halogens is 1. The Labute approximate surface area is 277 Å². The summed E-state index contributed by atoms with van der Waals surface area (Å²) in [6, 6.07) is 12.6. The highest BCUT2D eigenvalue weighted by atomic mass is 79.9. The van der Waals surface area contributed by atoms with Crippen molar-refractivity contribution in [2.75, 3.05) is 19.6 Å². The summed E-state index contributed by atoms with van der Waals surface area (Å²) in [4.78, 5) is 35.9. The van der Waals surface area contributed by atoms with Gasteiger partial charge >= 0.3 is 0 Å². The molecule has 5 heterocycles. The molecule has 5 rings (SSSR count). The first-order valence-corrected chi connectivity index (χ1v) is 19.1. The van der Waals surface area contributed by atoms with Gasteiger partial charge in [-0.2, -0.15) is 0 Å². The highest BCUT2D eigenvalue weighted by Crippen LogP contribution is 2.50. The number of fused-ring (bicyclic) bond motifs is 1. The molecule has 0 saturated carbocycles. The molecule has 230 valence electrons. The summed E-state index contributed by atoms with van der Waals surface area (Å²) in [6.07, 6.45) is 10.3. The molecule has 0 bridgehead atoms. The van der Waals surface area contributed by atoms with Crippen LogP contribution in [0.3, 0.4) is 0 Å². The number of carbonyl (C=O) groups excluding carboxylic acids is 2. The average molecular weight is 700 g/mol. The van der Waals surface area contributed by atoms with Crippen LogP contribution in [0.5, 0.6) is 0 Å². The van der Waals surface area contributed by atoms with Crippen molar-refractivity contribution in [1.82, 2.24) is 9.80 Å². The van der Waals surface area contributed by atoms with Crippen LogP contribution in [0, 0.1) is 11.8 Å². The van der Waals surface area contributed by atoms with E-state index in [0.717, 1.165) is 85.4 Å². The van der Waals surface area contributed by atoms with Crippen LogP contribution >= 0.6 is 49.9 Å². The summed E-state index contributed by atoms with van der Waals surface area (Å²) in [5.74, 6) is 1.24. The second kappa shape index (κ2) is 14.9. The van der Waals surface area contributed by atoms with Crippen molar-refractivity contribution in [2.45, 2.75) is 79.1 Å². The Morgan fingerprint density at radius 1 is 0.791 bits per heavy atom. The van der Waals surface area contributed by atoms with Crippen molar-refractivity contribution in [3.05, 3.63) is 66.0 Å². The molecule has 3 aromatic rings. The average Bonchev–Trinajstić information content (AvgIpc) is 3.84. The van der Waals surface area contributed by atoms with Gasteiger partial charge in [0, 0.05) is 35.0 Å². The molecule has 0 aromatic carbocycles. The number of hydrogen-bond acceptors (Lipinski definition) is 6. The molecule has 0 spiro atoms. The first kappa shape index (κ1) is 32.4. The Hall–Kier alpha value is -2.00. The molecule has 0 saturated heterocycles. The number of carbonyl (C=O) groups is 2. The Kier molecular flexibility index (Phi) is 11.2. The van der Waals surface area contributed by atoms with Gasteiger partial charge in [0.25, 0.3) is 5.91 Å². The summed E-state index contributed by atoms with van der Waals surface area (Å²) in [6.45, 7) is 11.6. The van der Waals surface area contributed by atoms with Gasteiger partial charge in [-0.3, -0.25) is 9.59 Å². The maximum Gasteiger partial charge on any atom is 0.260 e. The third-order valence-electron chi connectivity index (χ3n) is 8.86. The van der Waals surface area contributed by atoms with E-state index < -0.39 is 0 Å². The molecule has 0 radical (unpaired) electrons. The van der Waals surface area contributed by atoms with E-state index in [2.05, 4.69) is 77.7 Å². The zero-order chi connectivity index (χ0) is 30.5. The van der Waals surface area contributed by atoms with Gasteiger partial charge in [-0.25, -0.2) is 0 Å². The number of aldehydes is 1. The monoisotopic (exact) mass is 698 g/mol. The molecule has 0 N–H and O–H groups in total. The fourth-order valence-electron chi connectivity index (χ4n) is 6.36. The molecular formula is C35H43BrN2O2S3. The van der Waals surface area contributed by atoms with E-state index in [1.165, 1.54) is 53.9 Å². The molecule has 2 unspecified atom stereocenters. The lowest BCUT2D eigenvalue weighted by Gasteiger charge is -2.30. The number of unbranched alkanes of at least 4 members (excludes halogenated alkanes) is 2. The summed E-state index contributed by atoms with van der Waals surface area (Å²) in [7, 11) is 0. The van der Waals surface area contributed by atoms with Crippen molar-refractivity contribution in [3.8, 4) is 9.75 Å². The predicted molar refractivity (Wildman–Crippen MR) is 189 cm³/mol. The van der Waals surface area contributed by atoms with Gasteiger partial charge in [0.05, 0.1) is 35.4 Å². The van der Waals surface area contributed by atoms with Crippen molar-refractivity contribution in [2.24, 2.45) is 11.8 Å². The second-order valence-electron chi connectivity index (χ2n) is 11.8. The Morgan fingerprint density at radius 2 is 1.40 bits per heavy atom. The molecule has 3 aromatic heterocycles. The minimum atomic E-state index is 0.165. The zero-order valence-electron chi connectivity index (χ0n) is 25.8. The number of amides is 1. The molecule has 8 heteroatoms. The third kappa shape index (κ3) is 6.98. The van der Waals surface area contributed by atoms with E-state index in [1.807, 2.05) is 12.1 Å². The first-order chi connectivity index (χ1) is 20.9. The standard InChI is InChI=1S/C35H43BrN2O2S3/c1-5-9-11-23(7-3)19-37-21-26-32(34(37)30-16-15-28(42-30)27-14-13-25(22-39)41-27)35(40)38(20-24(8-4)12-10-6-2)33(26)29-17-18-31(36)43-29/h13-18,22-24H,5-12,19-21H2,1-4H3. The van der Waals surface area contributed by atoms with E-state index in [4.69, 9.17) is 0 Å². The van der Waals surface area contributed by atoms with Crippen molar-refractivity contribution in [3.63, 3.8) is 0 Å². The highest BCUT2D eigenvalue weighted by Gasteiger charge is 2.45. The van der Waals surface area contributed by atoms with Gasteiger partial charge in [-0.1, -0.05) is 66.2 Å². The minimum Gasteiger partial charge on any atom is -0.365 e. The Balaban J connectivity index is 1.61. The van der Waals surface area contributed by atoms with Gasteiger partial charge < -0.3 is 9.80 Å². The van der Waals surface area contributed by atoms with Gasteiger partial charge in [0.2, 0.25) is 0 Å². The molecule has 2 aliphatic heterocycles. The molecule has 2 atom stereocenters. The minimum absolute atomic E-state index is 0.165. The van der Waals surface area contributed by atoms with Gasteiger partial charge in [0.15, 0.2) is 6.29 Å². The van der Waals surface area contributed by atoms with Gasteiger partial charge in [0.1, 0.15) is 0 Å². The quantitative estimate of drug-likeness (QED) is 0.140. The van der Waals surface area contributed by atoms with Crippen molar-refractivity contribution >= 4 is 73.5 Å². The van der Waals surface area contributed by atoms with Crippen LogP contribution in [0.1, 0.15) is 98.5 Å².